The summed E-state index contributed by atoms with van der Waals surface area (Å²) in [6, 6.07) is 84.3. The van der Waals surface area contributed by atoms with Gasteiger partial charge in [-0.1, -0.05) is 164 Å². The molecule has 2 aliphatic rings. The fraction of sp³-hybridized carbons (Fsp3) is 0.0172. The van der Waals surface area contributed by atoms with Crippen molar-refractivity contribution in [2.75, 3.05) is 0 Å². The lowest BCUT2D eigenvalue weighted by Gasteiger charge is -2.42. The first kappa shape index (κ1) is 36.9. The van der Waals surface area contributed by atoms with Crippen LogP contribution in [0.2, 0.25) is 0 Å². The van der Waals surface area contributed by atoms with E-state index in [0.29, 0.717) is 17.5 Å². The molecule has 0 fully saturated rings. The molecule has 0 amide bonds. The molecule has 0 bridgehead atoms. The summed E-state index contributed by atoms with van der Waals surface area (Å²) < 4.78 is 6.75. The van der Waals surface area contributed by atoms with Crippen LogP contribution in [0.15, 0.2) is 256 Å². The number of rotatable bonds is 7. The van der Waals surface area contributed by atoms with Gasteiger partial charge in [0.1, 0.15) is 11.5 Å². The van der Waals surface area contributed by atoms with Gasteiger partial charge < -0.3 is 4.74 Å². The third-order valence-corrected chi connectivity index (χ3v) is 16.4. The van der Waals surface area contributed by atoms with Gasteiger partial charge in [0.15, 0.2) is 17.5 Å². The van der Waals surface area contributed by atoms with Crippen molar-refractivity contribution in [2.24, 2.45) is 0 Å². The molecule has 1 aliphatic heterocycles. The molecule has 1 aliphatic carbocycles. The standard InChI is InChI=1S/C58H39N3OS/c1-5-19-40(20-6-1)55-59-56(41-33-36-46(37-34-41)63(43-21-7-2-8-22-43,44-23-9-3-10-24-44)45-25-11-4-12-26-45)61-57(60-55)42-35-38-54-52(39-42)58(51-31-17-18-32-53(51)62-54)49-29-15-13-27-47(49)48-28-14-16-30-50(48)58/h1-39H. The van der Waals surface area contributed by atoms with Crippen LogP contribution in [0.3, 0.4) is 0 Å². The fourth-order valence-corrected chi connectivity index (χ4v) is 13.7. The summed E-state index contributed by atoms with van der Waals surface area (Å²) in [5.74, 6) is 3.49. The highest BCUT2D eigenvalue weighted by Gasteiger charge is 2.51. The van der Waals surface area contributed by atoms with Crippen LogP contribution in [0, 0.1) is 0 Å². The van der Waals surface area contributed by atoms with Crippen molar-refractivity contribution in [3.05, 3.63) is 259 Å². The molecule has 12 rings (SSSR count). The molecule has 0 radical (unpaired) electrons. The van der Waals surface area contributed by atoms with Crippen molar-refractivity contribution in [1.82, 2.24) is 15.0 Å². The van der Waals surface area contributed by atoms with Gasteiger partial charge in [0, 0.05) is 47.4 Å². The maximum atomic E-state index is 6.75. The highest BCUT2D eigenvalue weighted by Crippen LogP contribution is 2.73. The smallest absolute Gasteiger partial charge is 0.164 e. The average molecular weight is 826 g/mol. The summed E-state index contributed by atoms with van der Waals surface area (Å²) in [6.45, 7) is 0. The Morgan fingerprint density at radius 3 is 1.22 bits per heavy atom. The van der Waals surface area contributed by atoms with E-state index >= 15 is 0 Å². The van der Waals surface area contributed by atoms with Crippen LogP contribution in [0.4, 0.5) is 0 Å². The number of ether oxygens (including phenoxy) is 1. The Labute approximate surface area is 368 Å². The Bertz CT molecular complexity index is 3160. The van der Waals surface area contributed by atoms with Crippen molar-refractivity contribution < 1.29 is 4.74 Å². The summed E-state index contributed by atoms with van der Waals surface area (Å²) in [7, 11) is -1.86. The number of para-hydroxylation sites is 1. The molecule has 0 saturated carbocycles. The van der Waals surface area contributed by atoms with Gasteiger partial charge in [-0.3, -0.25) is 0 Å². The van der Waals surface area contributed by atoms with E-state index in [1.807, 2.05) is 18.2 Å². The lowest BCUT2D eigenvalue weighted by Crippen LogP contribution is -2.32. The van der Waals surface area contributed by atoms with E-state index in [1.54, 1.807) is 0 Å². The maximum absolute atomic E-state index is 6.75. The summed E-state index contributed by atoms with van der Waals surface area (Å²) in [6.07, 6.45) is 0. The molecule has 1 aromatic heterocycles. The Morgan fingerprint density at radius 2 is 0.683 bits per heavy atom. The van der Waals surface area contributed by atoms with Gasteiger partial charge in [0.05, 0.1) is 5.41 Å². The van der Waals surface area contributed by atoms with Crippen molar-refractivity contribution >= 4 is 10.0 Å². The molecule has 2 heterocycles. The largest absolute Gasteiger partial charge is 0.457 e. The Morgan fingerprint density at radius 1 is 0.302 bits per heavy atom. The number of nitrogens with zero attached hydrogens (tertiary/aromatic N) is 3. The van der Waals surface area contributed by atoms with E-state index in [-0.39, 0.29) is 0 Å². The molecular formula is C58H39N3OS. The van der Waals surface area contributed by atoms with Gasteiger partial charge in [-0.05, 0) is 95.1 Å². The molecule has 0 unspecified atom stereocenters. The summed E-state index contributed by atoms with van der Waals surface area (Å²) in [5.41, 5.74) is 9.23. The van der Waals surface area contributed by atoms with Crippen LogP contribution >= 0.6 is 10.0 Å². The van der Waals surface area contributed by atoms with Gasteiger partial charge in [-0.15, -0.1) is 10.0 Å². The molecular weight excluding hydrogens is 787 g/mol. The van der Waals surface area contributed by atoms with E-state index in [4.69, 9.17) is 19.7 Å². The fourth-order valence-electron chi connectivity index (χ4n) is 9.84. The Balaban J connectivity index is 1.04. The molecule has 5 heteroatoms. The van der Waals surface area contributed by atoms with Gasteiger partial charge in [0.2, 0.25) is 0 Å². The number of benzene rings is 9. The minimum Gasteiger partial charge on any atom is -0.457 e. The zero-order valence-corrected chi connectivity index (χ0v) is 35.0. The van der Waals surface area contributed by atoms with Crippen molar-refractivity contribution in [3.8, 4) is 56.8 Å². The van der Waals surface area contributed by atoms with Gasteiger partial charge in [-0.2, -0.15) is 0 Å². The monoisotopic (exact) mass is 825 g/mol. The van der Waals surface area contributed by atoms with Crippen molar-refractivity contribution in [1.29, 1.82) is 0 Å². The predicted octanol–water partition coefficient (Wildman–Crippen LogP) is 14.7. The van der Waals surface area contributed by atoms with Crippen LogP contribution in [-0.4, -0.2) is 15.0 Å². The first-order chi connectivity index (χ1) is 31.2. The first-order valence-corrected chi connectivity index (χ1v) is 22.9. The van der Waals surface area contributed by atoms with Crippen LogP contribution in [0.5, 0.6) is 11.5 Å². The van der Waals surface area contributed by atoms with E-state index in [0.717, 1.165) is 39.3 Å². The van der Waals surface area contributed by atoms with Crippen molar-refractivity contribution in [2.45, 2.75) is 25.0 Å². The number of hydrogen-bond acceptors (Lipinski definition) is 4. The lowest BCUT2D eigenvalue weighted by atomic mass is 9.66. The quantitative estimate of drug-likeness (QED) is 0.161. The topological polar surface area (TPSA) is 47.9 Å². The molecule has 4 nitrogen and oxygen atoms in total. The highest BCUT2D eigenvalue weighted by molar-refractivity contribution is 8.34. The SMILES string of the molecule is c1ccc(-c2nc(-c3ccc(S(c4ccccc4)(c4ccccc4)c4ccccc4)cc3)nc(-c3ccc4c(c3)C3(c5ccccc5O4)c4ccccc4-c4ccccc43)n2)cc1. The zero-order chi connectivity index (χ0) is 41.8. The number of hydrogen-bond donors (Lipinski definition) is 0. The minimum atomic E-state index is -1.86. The zero-order valence-electron chi connectivity index (χ0n) is 34.2. The van der Waals surface area contributed by atoms with Gasteiger partial charge in [0.25, 0.3) is 0 Å². The highest BCUT2D eigenvalue weighted by atomic mass is 32.3. The average Bonchev–Trinajstić information content (AvgIpc) is 3.66. The minimum absolute atomic E-state index is 0.595. The molecule has 63 heavy (non-hydrogen) atoms. The van der Waals surface area contributed by atoms with Crippen LogP contribution in [-0.2, 0) is 5.41 Å². The first-order valence-electron chi connectivity index (χ1n) is 21.3. The molecule has 0 saturated heterocycles. The van der Waals surface area contributed by atoms with E-state index in [2.05, 4.69) is 218 Å². The molecule has 1 spiro atoms. The molecule has 0 N–H and O–H groups in total. The Kier molecular flexibility index (Phi) is 8.76. The summed E-state index contributed by atoms with van der Waals surface area (Å²) in [4.78, 5) is 20.7. The molecule has 10 aromatic rings. The van der Waals surface area contributed by atoms with Crippen LogP contribution < -0.4 is 4.74 Å². The predicted molar refractivity (Wildman–Crippen MR) is 253 cm³/mol. The van der Waals surface area contributed by atoms with E-state index in [9.17, 15) is 0 Å². The van der Waals surface area contributed by atoms with Crippen LogP contribution in [0.1, 0.15) is 22.3 Å². The number of fused-ring (bicyclic) bond motifs is 9. The van der Waals surface area contributed by atoms with Gasteiger partial charge >= 0.3 is 0 Å². The third kappa shape index (κ3) is 5.74. The second-order valence-corrected chi connectivity index (χ2v) is 19.0. The normalized spacial score (nSPS) is 13.3. The Hall–Kier alpha value is -7.86. The second-order valence-electron chi connectivity index (χ2n) is 15.9. The molecule has 9 aromatic carbocycles. The van der Waals surface area contributed by atoms with Crippen LogP contribution in [0.25, 0.3) is 45.3 Å². The number of aromatic nitrogens is 3. The second kappa shape index (κ2) is 14.9. The summed E-state index contributed by atoms with van der Waals surface area (Å²) >= 11 is 0. The van der Waals surface area contributed by atoms with E-state index < -0.39 is 15.4 Å². The van der Waals surface area contributed by atoms with E-state index in [1.165, 1.54) is 41.8 Å². The molecule has 0 atom stereocenters. The summed E-state index contributed by atoms with van der Waals surface area (Å²) in [5, 5.41) is 0. The lowest BCUT2D eigenvalue weighted by molar-refractivity contribution is 0.436. The third-order valence-electron chi connectivity index (χ3n) is 12.5. The van der Waals surface area contributed by atoms with Gasteiger partial charge in [-0.25, -0.2) is 15.0 Å². The van der Waals surface area contributed by atoms with Crippen molar-refractivity contribution in [3.63, 3.8) is 0 Å². The maximum Gasteiger partial charge on any atom is 0.164 e. The molecule has 298 valence electrons.